The van der Waals surface area contributed by atoms with Crippen LogP contribution < -0.4 is 5.14 Å². The maximum atomic E-state index is 14.7. The van der Waals surface area contributed by atoms with Gasteiger partial charge in [0, 0.05) is 28.9 Å². The first-order chi connectivity index (χ1) is 13.1. The smallest absolute Gasteiger partial charge is 0.347 e. The lowest BCUT2D eigenvalue weighted by Crippen LogP contribution is -2.28. The molecule has 0 saturated heterocycles. The van der Waals surface area contributed by atoms with Crippen molar-refractivity contribution in [2.24, 2.45) is 10.6 Å². The van der Waals surface area contributed by atoms with Crippen molar-refractivity contribution in [2.75, 3.05) is 0 Å². The van der Waals surface area contributed by atoms with E-state index < -0.39 is 40.6 Å². The molecule has 0 fully saturated rings. The lowest BCUT2D eigenvalue weighted by atomic mass is 9.92. The summed E-state index contributed by atoms with van der Waals surface area (Å²) in [6, 6.07) is 2.87. The van der Waals surface area contributed by atoms with Gasteiger partial charge in [0.15, 0.2) is 0 Å². The summed E-state index contributed by atoms with van der Waals surface area (Å²) in [6.45, 7) is 11.6. The van der Waals surface area contributed by atoms with E-state index in [1.54, 1.807) is 10.6 Å². The molecule has 0 bridgehead atoms. The highest BCUT2D eigenvalue weighted by molar-refractivity contribution is 7.83. The molecule has 3 nitrogen and oxygen atoms in total. The summed E-state index contributed by atoms with van der Waals surface area (Å²) in [5.41, 5.74) is 0.867. The van der Waals surface area contributed by atoms with Crippen molar-refractivity contribution in [1.82, 2.24) is 4.57 Å². The lowest BCUT2D eigenvalue weighted by molar-refractivity contribution is -0.151. The van der Waals surface area contributed by atoms with Gasteiger partial charge < -0.3 is 4.57 Å². The maximum Gasteiger partial charge on any atom is 0.395 e. The van der Waals surface area contributed by atoms with Crippen LogP contribution in [-0.2, 0) is 17.5 Å². The molecule has 1 heterocycles. The Morgan fingerprint density at radius 3 is 2.14 bits per heavy atom. The molecule has 0 spiro atoms. The second-order valence-electron chi connectivity index (χ2n) is 9.29. The average Bonchev–Trinajstić information content (AvgIpc) is 2.85. The minimum atomic E-state index is -4.57. The topological polar surface area (TPSA) is 48.0 Å². The lowest BCUT2D eigenvalue weighted by Gasteiger charge is -2.22. The molecule has 1 aromatic heterocycles. The van der Waals surface area contributed by atoms with Crippen LogP contribution in [0.2, 0.25) is 0 Å². The Morgan fingerprint density at radius 1 is 1.10 bits per heavy atom. The summed E-state index contributed by atoms with van der Waals surface area (Å²) >= 11 is 0. The summed E-state index contributed by atoms with van der Waals surface area (Å²) in [4.78, 5) is 0. The normalized spacial score (nSPS) is 16.4. The largest absolute Gasteiger partial charge is 0.395 e. The highest BCUT2D eigenvalue weighted by Gasteiger charge is 2.43. The Morgan fingerprint density at radius 2 is 1.69 bits per heavy atom. The Balaban J connectivity index is 2.76. The van der Waals surface area contributed by atoms with Crippen LogP contribution in [0.15, 0.2) is 18.3 Å². The van der Waals surface area contributed by atoms with Crippen molar-refractivity contribution in [2.45, 2.75) is 77.8 Å². The van der Waals surface area contributed by atoms with Crippen molar-refractivity contribution < 1.29 is 21.8 Å². The third kappa shape index (κ3) is 5.60. The molecule has 29 heavy (non-hydrogen) atoms. The zero-order chi connectivity index (χ0) is 22.3. The summed E-state index contributed by atoms with van der Waals surface area (Å²) in [7, 11) is -1.88. The number of nitrogens with two attached hydrogens (primary N) is 1. The van der Waals surface area contributed by atoms with Gasteiger partial charge in [-0.1, -0.05) is 34.6 Å². The molecule has 0 radical (unpaired) electrons. The number of fused-ring (bicyclic) bond motifs is 1. The molecule has 0 aliphatic heterocycles. The van der Waals surface area contributed by atoms with Crippen molar-refractivity contribution in [3.63, 3.8) is 0 Å². The molecule has 164 valence electrons. The van der Waals surface area contributed by atoms with Gasteiger partial charge >= 0.3 is 6.18 Å². The molecule has 2 N–H and O–H groups in total. The van der Waals surface area contributed by atoms with E-state index in [2.05, 4.69) is 0 Å². The van der Waals surface area contributed by atoms with Gasteiger partial charge in [-0.2, -0.15) is 13.2 Å². The number of hydrogen-bond donors (Lipinski definition) is 1. The van der Waals surface area contributed by atoms with Crippen LogP contribution in [0.5, 0.6) is 0 Å². The molecule has 2 aromatic rings. The minimum Gasteiger partial charge on any atom is -0.347 e. The van der Waals surface area contributed by atoms with Gasteiger partial charge in [-0.15, -0.1) is 0 Å². The second kappa shape index (κ2) is 8.38. The fourth-order valence-corrected chi connectivity index (χ4v) is 3.96. The van der Waals surface area contributed by atoms with E-state index in [9.17, 15) is 21.8 Å². The first-order valence-corrected chi connectivity index (χ1v) is 10.9. The molecule has 2 unspecified atom stereocenters. The zero-order valence-electron chi connectivity index (χ0n) is 17.7. The summed E-state index contributed by atoms with van der Waals surface area (Å²) in [5.74, 6) is -2.49. The SMILES string of the molecule is CC(C)c1cc2c(cc1F)c([C@H](CC(C)S(N)=O)C(F)(F)F)cn2CC(C)(C)C. The Bertz CT molecular complexity index is 897. The number of rotatable bonds is 6. The molecular formula is C21H30F4N2OS. The van der Waals surface area contributed by atoms with Gasteiger partial charge in [0.05, 0.1) is 16.9 Å². The summed E-state index contributed by atoms with van der Waals surface area (Å²) in [6.07, 6.45) is -3.51. The maximum absolute atomic E-state index is 14.7. The minimum absolute atomic E-state index is 0.00301. The molecule has 0 aliphatic carbocycles. The molecule has 1 aromatic carbocycles. The van der Waals surface area contributed by atoms with Crippen LogP contribution in [0.3, 0.4) is 0 Å². The highest BCUT2D eigenvalue weighted by Crippen LogP contribution is 2.43. The summed E-state index contributed by atoms with van der Waals surface area (Å²) in [5, 5.41) is 4.72. The fraction of sp³-hybridized carbons (Fsp3) is 0.619. The molecule has 0 saturated carbocycles. The molecular weight excluding hydrogens is 404 g/mol. The standard InChI is InChI=1S/C21H30F4N2OS/c1-12(2)14-9-19-15(8-18(14)22)16(10-27(19)11-20(4,5)6)17(21(23,24)25)7-13(3)29(26)28/h8-10,12-13,17H,7,11,26H2,1-6H3/t13?,17-,29?/m0/s1. The van der Waals surface area contributed by atoms with Crippen LogP contribution >= 0.6 is 0 Å². The van der Waals surface area contributed by atoms with E-state index in [1.807, 2.05) is 34.6 Å². The van der Waals surface area contributed by atoms with Crippen molar-refractivity contribution in [3.05, 3.63) is 35.3 Å². The number of aromatic nitrogens is 1. The number of alkyl halides is 3. The molecule has 2 rings (SSSR count). The average molecular weight is 435 g/mol. The van der Waals surface area contributed by atoms with Crippen LogP contribution in [0, 0.1) is 11.2 Å². The predicted molar refractivity (Wildman–Crippen MR) is 111 cm³/mol. The number of benzene rings is 1. The Hall–Kier alpha value is -1.41. The first kappa shape index (κ1) is 23.9. The molecule has 0 aliphatic rings. The van der Waals surface area contributed by atoms with Gasteiger partial charge in [-0.05, 0) is 47.9 Å². The second-order valence-corrected chi connectivity index (χ2v) is 10.7. The van der Waals surface area contributed by atoms with E-state index >= 15 is 0 Å². The van der Waals surface area contributed by atoms with Crippen LogP contribution in [0.4, 0.5) is 17.6 Å². The van der Waals surface area contributed by atoms with Crippen LogP contribution in [0.25, 0.3) is 10.9 Å². The molecule has 0 amide bonds. The van der Waals surface area contributed by atoms with Crippen molar-refractivity contribution >= 4 is 21.9 Å². The van der Waals surface area contributed by atoms with Crippen LogP contribution in [0.1, 0.15) is 70.9 Å². The zero-order valence-corrected chi connectivity index (χ0v) is 18.5. The highest BCUT2D eigenvalue weighted by atomic mass is 32.2. The first-order valence-electron chi connectivity index (χ1n) is 9.65. The number of halogens is 4. The Kier molecular flexibility index (Phi) is 6.89. The monoisotopic (exact) mass is 434 g/mol. The van der Waals surface area contributed by atoms with Crippen molar-refractivity contribution in [1.29, 1.82) is 0 Å². The van der Waals surface area contributed by atoms with E-state index in [4.69, 9.17) is 5.14 Å². The quantitative estimate of drug-likeness (QED) is 0.557. The van der Waals surface area contributed by atoms with E-state index in [0.717, 1.165) is 0 Å². The number of hydrogen-bond acceptors (Lipinski definition) is 1. The van der Waals surface area contributed by atoms with Gasteiger partial charge in [0.2, 0.25) is 0 Å². The summed E-state index contributed by atoms with van der Waals surface area (Å²) < 4.78 is 69.9. The van der Waals surface area contributed by atoms with E-state index in [-0.39, 0.29) is 22.3 Å². The van der Waals surface area contributed by atoms with Crippen LogP contribution in [-0.4, -0.2) is 20.2 Å². The van der Waals surface area contributed by atoms with E-state index in [1.165, 1.54) is 19.2 Å². The predicted octanol–water partition coefficient (Wildman–Crippen LogP) is 6.00. The third-order valence-corrected chi connectivity index (χ3v) is 6.02. The fourth-order valence-electron chi connectivity index (χ4n) is 3.58. The van der Waals surface area contributed by atoms with Gasteiger partial charge in [0.1, 0.15) is 5.82 Å². The molecule has 8 heteroatoms. The molecule has 3 atom stereocenters. The van der Waals surface area contributed by atoms with E-state index in [0.29, 0.717) is 17.6 Å². The van der Waals surface area contributed by atoms with Gasteiger partial charge in [-0.3, -0.25) is 5.14 Å². The van der Waals surface area contributed by atoms with Gasteiger partial charge in [-0.25, -0.2) is 8.60 Å². The Labute approximate surface area is 172 Å². The van der Waals surface area contributed by atoms with Gasteiger partial charge in [0.25, 0.3) is 0 Å². The van der Waals surface area contributed by atoms with Crippen molar-refractivity contribution in [3.8, 4) is 0 Å². The third-order valence-electron chi connectivity index (χ3n) is 5.03. The number of nitrogens with zero attached hydrogens (tertiary/aromatic N) is 1.